The summed E-state index contributed by atoms with van der Waals surface area (Å²) in [5.74, 6) is 3.92. The van der Waals surface area contributed by atoms with Gasteiger partial charge in [0.15, 0.2) is 0 Å². The second-order valence-electron chi connectivity index (χ2n) is 14.7. The Morgan fingerprint density at radius 2 is 1.79 bits per heavy atom. The number of carbonyl (C=O) groups is 2. The molecule has 4 aliphatic carbocycles. The largest absolute Gasteiger partial charge is 0.480 e. The number of carboxylic acid groups (broad SMARTS) is 1. The number of rotatable bonds is 11. The Balaban J connectivity index is 1.37. The number of hydrogen-bond acceptors (Lipinski definition) is 3. The van der Waals surface area contributed by atoms with Gasteiger partial charge in [-0.1, -0.05) is 85.3 Å². The zero-order valence-electron chi connectivity index (χ0n) is 25.8. The average Bonchev–Trinajstić information content (AvgIpc) is 3.23. The standard InChI is InChI=1S/C34H57NO4/c1-7-8-12-30(31(36)37)35-32(38)39-25-17-19-33(5)24(21-25)13-14-26-28-16-15-27(23(4)11-9-10-22(2)3)34(28,6)20-18-29(26)33/h13,22-23,25-30H,7-12,14-21H2,1-6H3,(H,35,38)(H,36,37)/t23-,25+,26+,27-,28+,29+,30?,33+,34-/m1/s1. The molecule has 0 aromatic carbocycles. The first-order valence-corrected chi connectivity index (χ1v) is 16.4. The molecule has 0 aromatic rings. The Kier molecular flexibility index (Phi) is 9.80. The second-order valence-corrected chi connectivity index (χ2v) is 14.7. The number of alkyl carbamates (subject to hydrolysis) is 1. The van der Waals surface area contributed by atoms with Gasteiger partial charge in [-0.05, 0) is 97.7 Å². The van der Waals surface area contributed by atoms with E-state index in [1.165, 1.54) is 56.9 Å². The van der Waals surface area contributed by atoms with Gasteiger partial charge in [-0.3, -0.25) is 0 Å². The third-order valence-electron chi connectivity index (χ3n) is 12.0. The van der Waals surface area contributed by atoms with Gasteiger partial charge >= 0.3 is 12.1 Å². The predicted octanol–water partition coefficient (Wildman–Crippen LogP) is 8.77. The molecule has 0 spiro atoms. The van der Waals surface area contributed by atoms with Crippen molar-refractivity contribution in [2.45, 2.75) is 144 Å². The van der Waals surface area contributed by atoms with Crippen LogP contribution in [0.1, 0.15) is 131 Å². The summed E-state index contributed by atoms with van der Waals surface area (Å²) in [4.78, 5) is 24.1. The summed E-state index contributed by atoms with van der Waals surface area (Å²) in [5, 5.41) is 12.1. The van der Waals surface area contributed by atoms with E-state index in [0.29, 0.717) is 11.8 Å². The van der Waals surface area contributed by atoms with Crippen LogP contribution in [0.4, 0.5) is 4.79 Å². The highest BCUT2D eigenvalue weighted by Crippen LogP contribution is 2.67. The zero-order chi connectivity index (χ0) is 28.4. The van der Waals surface area contributed by atoms with Gasteiger partial charge in [0.25, 0.3) is 0 Å². The van der Waals surface area contributed by atoms with Gasteiger partial charge in [-0.25, -0.2) is 9.59 Å². The Hall–Kier alpha value is -1.52. The minimum Gasteiger partial charge on any atom is -0.480 e. The molecule has 9 atom stereocenters. The summed E-state index contributed by atoms with van der Waals surface area (Å²) < 4.78 is 5.80. The van der Waals surface area contributed by atoms with Crippen molar-refractivity contribution in [3.05, 3.63) is 11.6 Å². The molecule has 0 aliphatic heterocycles. The molecule has 1 amide bonds. The van der Waals surface area contributed by atoms with Gasteiger partial charge in [-0.2, -0.15) is 0 Å². The van der Waals surface area contributed by atoms with Crippen LogP contribution in [0.25, 0.3) is 0 Å². The van der Waals surface area contributed by atoms with Crippen LogP contribution >= 0.6 is 0 Å². The molecule has 0 aromatic heterocycles. The SMILES string of the molecule is CCCCC(NC(=O)O[C@H]1CC[C@@]2(C)C(=CC[C@H]3[C@@H]4CC[C@H]([C@H](C)CCCC(C)C)[C@@]4(C)CC[C@@H]32)C1)C(=O)O. The van der Waals surface area contributed by atoms with Crippen LogP contribution in [0.2, 0.25) is 0 Å². The minimum absolute atomic E-state index is 0.155. The van der Waals surface area contributed by atoms with Crippen molar-refractivity contribution in [3.8, 4) is 0 Å². The van der Waals surface area contributed by atoms with Crippen LogP contribution in [0.3, 0.4) is 0 Å². The predicted molar refractivity (Wildman–Crippen MR) is 157 cm³/mol. The third-order valence-corrected chi connectivity index (χ3v) is 12.0. The number of unbranched alkanes of at least 4 members (excludes halogenated alkanes) is 1. The number of carbonyl (C=O) groups excluding carboxylic acids is 1. The highest BCUT2D eigenvalue weighted by atomic mass is 16.6. The number of nitrogens with one attached hydrogen (secondary N) is 1. The van der Waals surface area contributed by atoms with E-state index in [2.05, 4.69) is 46.0 Å². The topological polar surface area (TPSA) is 75.6 Å². The van der Waals surface area contributed by atoms with Gasteiger partial charge < -0.3 is 15.2 Å². The highest BCUT2D eigenvalue weighted by molar-refractivity contribution is 5.79. The van der Waals surface area contributed by atoms with Crippen LogP contribution in [0.5, 0.6) is 0 Å². The first-order chi connectivity index (χ1) is 18.5. The van der Waals surface area contributed by atoms with Gasteiger partial charge in [0.2, 0.25) is 0 Å². The van der Waals surface area contributed by atoms with E-state index >= 15 is 0 Å². The number of amides is 1. The monoisotopic (exact) mass is 543 g/mol. The van der Waals surface area contributed by atoms with Crippen molar-refractivity contribution in [2.24, 2.45) is 46.3 Å². The molecule has 4 rings (SSSR count). The Morgan fingerprint density at radius 3 is 2.49 bits per heavy atom. The van der Waals surface area contributed by atoms with Crippen molar-refractivity contribution >= 4 is 12.1 Å². The first kappa shape index (κ1) is 30.4. The number of hydrogen-bond donors (Lipinski definition) is 2. The minimum atomic E-state index is -0.985. The molecular formula is C34H57NO4. The maximum absolute atomic E-state index is 12.6. The van der Waals surface area contributed by atoms with E-state index in [1.807, 2.05) is 6.92 Å². The summed E-state index contributed by atoms with van der Waals surface area (Å²) in [7, 11) is 0. The number of ether oxygens (including phenoxy) is 1. The smallest absolute Gasteiger partial charge is 0.408 e. The summed E-state index contributed by atoms with van der Waals surface area (Å²) in [6.07, 6.45) is 17.5. The van der Waals surface area contributed by atoms with E-state index in [0.717, 1.165) is 67.6 Å². The van der Waals surface area contributed by atoms with Crippen molar-refractivity contribution in [1.82, 2.24) is 5.32 Å². The van der Waals surface area contributed by atoms with Crippen molar-refractivity contribution < 1.29 is 19.4 Å². The fourth-order valence-electron chi connectivity index (χ4n) is 9.75. The first-order valence-electron chi connectivity index (χ1n) is 16.4. The Morgan fingerprint density at radius 1 is 1.03 bits per heavy atom. The summed E-state index contributed by atoms with van der Waals surface area (Å²) in [6.45, 7) is 14.4. The molecule has 0 bridgehead atoms. The van der Waals surface area contributed by atoms with E-state index in [-0.39, 0.29) is 11.5 Å². The lowest BCUT2D eigenvalue weighted by Gasteiger charge is -2.58. The maximum Gasteiger partial charge on any atom is 0.408 e. The molecule has 3 fully saturated rings. The summed E-state index contributed by atoms with van der Waals surface area (Å²) >= 11 is 0. The fourth-order valence-corrected chi connectivity index (χ4v) is 9.75. The van der Waals surface area contributed by atoms with E-state index in [1.54, 1.807) is 0 Å². The average molecular weight is 544 g/mol. The van der Waals surface area contributed by atoms with Gasteiger partial charge in [-0.15, -0.1) is 0 Å². The van der Waals surface area contributed by atoms with Crippen molar-refractivity contribution in [2.75, 3.05) is 0 Å². The third kappa shape index (κ3) is 6.38. The number of allylic oxidation sites excluding steroid dienone is 1. The van der Waals surface area contributed by atoms with Crippen LogP contribution in [0.15, 0.2) is 11.6 Å². The Labute approximate surface area is 238 Å². The molecule has 3 saturated carbocycles. The molecule has 39 heavy (non-hydrogen) atoms. The van der Waals surface area contributed by atoms with Gasteiger partial charge in [0.05, 0.1) is 0 Å². The molecule has 222 valence electrons. The summed E-state index contributed by atoms with van der Waals surface area (Å²) in [6, 6.07) is -0.870. The molecule has 0 saturated heterocycles. The lowest BCUT2D eigenvalue weighted by atomic mass is 9.47. The normalized spacial score (nSPS) is 37.2. The van der Waals surface area contributed by atoms with Crippen molar-refractivity contribution in [1.29, 1.82) is 0 Å². The Bertz CT molecular complexity index is 898. The number of carboxylic acids is 1. The van der Waals surface area contributed by atoms with Crippen LogP contribution < -0.4 is 5.32 Å². The fraction of sp³-hybridized carbons (Fsp3) is 0.882. The van der Waals surface area contributed by atoms with Crippen LogP contribution in [-0.4, -0.2) is 29.3 Å². The van der Waals surface area contributed by atoms with Crippen LogP contribution in [0, 0.1) is 46.3 Å². The highest BCUT2D eigenvalue weighted by Gasteiger charge is 2.59. The van der Waals surface area contributed by atoms with E-state index in [4.69, 9.17) is 4.74 Å². The van der Waals surface area contributed by atoms with Gasteiger partial charge in [0, 0.05) is 6.42 Å². The molecule has 0 heterocycles. The number of fused-ring (bicyclic) bond motifs is 5. The van der Waals surface area contributed by atoms with Crippen molar-refractivity contribution in [3.63, 3.8) is 0 Å². The zero-order valence-corrected chi connectivity index (χ0v) is 25.8. The molecular weight excluding hydrogens is 486 g/mol. The molecule has 5 heteroatoms. The quantitative estimate of drug-likeness (QED) is 0.255. The van der Waals surface area contributed by atoms with E-state index in [9.17, 15) is 14.7 Å². The number of aliphatic carboxylic acids is 1. The maximum atomic E-state index is 12.6. The lowest BCUT2D eigenvalue weighted by Crippen LogP contribution is -2.51. The molecule has 5 nitrogen and oxygen atoms in total. The van der Waals surface area contributed by atoms with Crippen LogP contribution in [-0.2, 0) is 9.53 Å². The molecule has 1 unspecified atom stereocenters. The van der Waals surface area contributed by atoms with Gasteiger partial charge in [0.1, 0.15) is 12.1 Å². The molecule has 4 aliphatic rings. The van der Waals surface area contributed by atoms with E-state index < -0.39 is 18.1 Å². The molecule has 2 N–H and O–H groups in total. The molecule has 0 radical (unpaired) electrons. The second kappa shape index (κ2) is 12.6. The lowest BCUT2D eigenvalue weighted by molar-refractivity contribution is -0.139. The summed E-state index contributed by atoms with van der Waals surface area (Å²) in [5.41, 5.74) is 2.21.